The molecule has 3 N–H and O–H groups in total. The smallest absolute Gasteiger partial charge is 0.147 e. The van der Waals surface area contributed by atoms with Crippen LogP contribution in [0.15, 0.2) is 18.6 Å². The number of nitrogens with zero attached hydrogens (tertiary/aromatic N) is 3. The van der Waals surface area contributed by atoms with E-state index in [2.05, 4.69) is 9.97 Å². The van der Waals surface area contributed by atoms with Crippen LogP contribution in [0.3, 0.4) is 0 Å². The first-order chi connectivity index (χ1) is 8.29. The lowest BCUT2D eigenvalue weighted by molar-refractivity contribution is -0.0204. The minimum atomic E-state index is -0.0726. The molecule has 0 amide bonds. The minimum absolute atomic E-state index is 0.0623. The lowest BCUT2D eigenvalue weighted by Crippen LogP contribution is -2.14. The van der Waals surface area contributed by atoms with Gasteiger partial charge in [-0.1, -0.05) is 0 Å². The maximum Gasteiger partial charge on any atom is 0.147 e. The third-order valence-electron chi connectivity index (χ3n) is 3.14. The third kappa shape index (κ3) is 1.65. The molecule has 0 bridgehead atoms. The summed E-state index contributed by atoms with van der Waals surface area (Å²) in [6.07, 6.45) is 4.95. The van der Waals surface area contributed by atoms with E-state index in [1.807, 2.05) is 16.8 Å². The predicted molar refractivity (Wildman–Crippen MR) is 62.2 cm³/mol. The molecular formula is C11H14N4O2. The number of aromatic nitrogens is 3. The first kappa shape index (κ1) is 10.5. The summed E-state index contributed by atoms with van der Waals surface area (Å²) in [5.41, 5.74) is 6.56. The van der Waals surface area contributed by atoms with Crippen LogP contribution in [0.1, 0.15) is 19.1 Å². The summed E-state index contributed by atoms with van der Waals surface area (Å²) in [7, 11) is 0. The third-order valence-corrected chi connectivity index (χ3v) is 3.14. The molecule has 0 aliphatic carbocycles. The van der Waals surface area contributed by atoms with Crippen LogP contribution < -0.4 is 5.73 Å². The molecule has 3 heterocycles. The van der Waals surface area contributed by atoms with Gasteiger partial charge in [-0.05, 0) is 18.9 Å². The summed E-state index contributed by atoms with van der Waals surface area (Å²) in [6.45, 7) is 0.0623. The molecular weight excluding hydrogens is 220 g/mol. The molecule has 1 fully saturated rings. The second kappa shape index (κ2) is 3.97. The Morgan fingerprint density at radius 3 is 3.12 bits per heavy atom. The number of aliphatic hydroxyl groups excluding tert-OH is 1. The standard InChI is InChI=1S/C11H14N4O2/c12-10-8-3-4-15(11(8)14-6-13-10)9-2-1-7(5-16)17-9/h3-4,6-7,9,16H,1-2,5H2,(H2,12,13,14)/t7-,9+/m0/s1. The van der Waals surface area contributed by atoms with Gasteiger partial charge in [0.15, 0.2) is 0 Å². The highest BCUT2D eigenvalue weighted by atomic mass is 16.5. The molecule has 0 radical (unpaired) electrons. The Hall–Kier alpha value is -1.66. The Morgan fingerprint density at radius 1 is 1.47 bits per heavy atom. The number of aliphatic hydroxyl groups is 1. The molecule has 6 heteroatoms. The molecule has 1 aliphatic rings. The molecule has 3 rings (SSSR count). The van der Waals surface area contributed by atoms with Crippen molar-refractivity contribution in [1.29, 1.82) is 0 Å². The van der Waals surface area contributed by atoms with Crippen LogP contribution >= 0.6 is 0 Å². The second-order valence-corrected chi connectivity index (χ2v) is 4.19. The number of anilines is 1. The van der Waals surface area contributed by atoms with Crippen LogP contribution in [-0.4, -0.2) is 32.4 Å². The van der Waals surface area contributed by atoms with Gasteiger partial charge in [-0.2, -0.15) is 0 Å². The van der Waals surface area contributed by atoms with Crippen LogP contribution in [0.25, 0.3) is 11.0 Å². The van der Waals surface area contributed by atoms with E-state index in [9.17, 15) is 0 Å². The lowest BCUT2D eigenvalue weighted by atomic mass is 10.2. The number of rotatable bonds is 2. The van der Waals surface area contributed by atoms with Crippen molar-refractivity contribution in [3.05, 3.63) is 18.6 Å². The summed E-state index contributed by atoms with van der Waals surface area (Å²) in [6, 6.07) is 1.89. The number of ether oxygens (including phenoxy) is 1. The van der Waals surface area contributed by atoms with E-state index >= 15 is 0 Å². The van der Waals surface area contributed by atoms with Crippen molar-refractivity contribution in [2.75, 3.05) is 12.3 Å². The van der Waals surface area contributed by atoms with E-state index in [1.165, 1.54) is 6.33 Å². The maximum atomic E-state index is 9.06. The van der Waals surface area contributed by atoms with Gasteiger partial charge in [-0.15, -0.1) is 0 Å². The van der Waals surface area contributed by atoms with Crippen LogP contribution in [-0.2, 0) is 4.74 Å². The Kier molecular flexibility index (Phi) is 2.45. The van der Waals surface area contributed by atoms with Gasteiger partial charge in [-0.3, -0.25) is 0 Å². The molecule has 0 spiro atoms. The van der Waals surface area contributed by atoms with Gasteiger partial charge in [0.25, 0.3) is 0 Å². The minimum Gasteiger partial charge on any atom is -0.394 e. The number of hydrogen-bond donors (Lipinski definition) is 2. The fraction of sp³-hybridized carbons (Fsp3) is 0.455. The normalized spacial score (nSPS) is 24.5. The van der Waals surface area contributed by atoms with Crippen LogP contribution in [0.2, 0.25) is 0 Å². The monoisotopic (exact) mass is 234 g/mol. The van der Waals surface area contributed by atoms with Gasteiger partial charge in [-0.25, -0.2) is 9.97 Å². The average Bonchev–Trinajstić information content (AvgIpc) is 2.94. The highest BCUT2D eigenvalue weighted by molar-refractivity contribution is 5.86. The molecule has 1 aliphatic heterocycles. The first-order valence-corrected chi connectivity index (χ1v) is 5.63. The van der Waals surface area contributed by atoms with E-state index in [4.69, 9.17) is 15.6 Å². The van der Waals surface area contributed by atoms with Crippen molar-refractivity contribution in [3.8, 4) is 0 Å². The van der Waals surface area contributed by atoms with E-state index in [0.717, 1.165) is 23.9 Å². The SMILES string of the molecule is Nc1ncnc2c1ccn2[C@H]1CC[C@@H](CO)O1. The van der Waals surface area contributed by atoms with Crippen molar-refractivity contribution in [1.82, 2.24) is 14.5 Å². The molecule has 0 unspecified atom stereocenters. The predicted octanol–water partition coefficient (Wildman–Crippen LogP) is 0.683. The molecule has 0 saturated carbocycles. The zero-order chi connectivity index (χ0) is 11.8. The van der Waals surface area contributed by atoms with Gasteiger partial charge >= 0.3 is 0 Å². The molecule has 2 atom stereocenters. The Morgan fingerprint density at radius 2 is 2.35 bits per heavy atom. The van der Waals surface area contributed by atoms with Gasteiger partial charge < -0.3 is 20.1 Å². The molecule has 90 valence electrons. The van der Waals surface area contributed by atoms with Crippen LogP contribution in [0.4, 0.5) is 5.82 Å². The highest BCUT2D eigenvalue weighted by Crippen LogP contribution is 2.31. The highest BCUT2D eigenvalue weighted by Gasteiger charge is 2.27. The summed E-state index contributed by atoms with van der Waals surface area (Å²) in [5.74, 6) is 0.477. The molecule has 0 aromatic carbocycles. The van der Waals surface area contributed by atoms with E-state index < -0.39 is 0 Å². The van der Waals surface area contributed by atoms with Crippen molar-refractivity contribution in [2.24, 2.45) is 0 Å². The summed E-state index contributed by atoms with van der Waals surface area (Å²) in [5, 5.41) is 9.90. The van der Waals surface area contributed by atoms with Crippen molar-refractivity contribution < 1.29 is 9.84 Å². The van der Waals surface area contributed by atoms with Gasteiger partial charge in [0.1, 0.15) is 24.0 Å². The largest absolute Gasteiger partial charge is 0.394 e. The van der Waals surface area contributed by atoms with Crippen molar-refractivity contribution in [2.45, 2.75) is 25.2 Å². The molecule has 6 nitrogen and oxygen atoms in total. The molecule has 17 heavy (non-hydrogen) atoms. The first-order valence-electron chi connectivity index (χ1n) is 5.63. The van der Waals surface area contributed by atoms with Crippen molar-refractivity contribution in [3.63, 3.8) is 0 Å². The summed E-state index contributed by atoms with van der Waals surface area (Å²) in [4.78, 5) is 8.18. The van der Waals surface area contributed by atoms with Crippen LogP contribution in [0, 0.1) is 0 Å². The van der Waals surface area contributed by atoms with Crippen LogP contribution in [0.5, 0.6) is 0 Å². The van der Waals surface area contributed by atoms with Gasteiger partial charge in [0.2, 0.25) is 0 Å². The fourth-order valence-corrected chi connectivity index (χ4v) is 2.25. The van der Waals surface area contributed by atoms with Gasteiger partial charge in [0, 0.05) is 6.20 Å². The molecule has 2 aromatic rings. The Balaban J connectivity index is 1.99. The average molecular weight is 234 g/mol. The van der Waals surface area contributed by atoms with E-state index in [0.29, 0.717) is 5.82 Å². The number of fused-ring (bicyclic) bond motifs is 1. The topological polar surface area (TPSA) is 86.2 Å². The maximum absolute atomic E-state index is 9.06. The number of nitrogen functional groups attached to an aromatic ring is 1. The zero-order valence-electron chi connectivity index (χ0n) is 9.28. The second-order valence-electron chi connectivity index (χ2n) is 4.19. The lowest BCUT2D eigenvalue weighted by Gasteiger charge is -2.14. The number of hydrogen-bond acceptors (Lipinski definition) is 5. The summed E-state index contributed by atoms with van der Waals surface area (Å²) >= 11 is 0. The molecule has 1 saturated heterocycles. The van der Waals surface area contributed by atoms with Crippen molar-refractivity contribution >= 4 is 16.9 Å². The quantitative estimate of drug-likeness (QED) is 0.798. The van der Waals surface area contributed by atoms with Gasteiger partial charge in [0.05, 0.1) is 18.1 Å². The molecule has 2 aromatic heterocycles. The Labute approximate surface area is 98.0 Å². The summed E-state index contributed by atoms with van der Waals surface area (Å²) < 4.78 is 7.66. The van der Waals surface area contributed by atoms with E-state index in [1.54, 1.807) is 0 Å². The Bertz CT molecular complexity index is 539. The zero-order valence-corrected chi connectivity index (χ0v) is 9.28. The fourth-order valence-electron chi connectivity index (χ4n) is 2.25. The number of nitrogens with two attached hydrogens (primary N) is 1. The van der Waals surface area contributed by atoms with E-state index in [-0.39, 0.29) is 18.9 Å².